The Kier molecular flexibility index (Phi) is 5.27. The van der Waals surface area contributed by atoms with Gasteiger partial charge in [0.05, 0.1) is 31.9 Å². The van der Waals surface area contributed by atoms with E-state index in [0.29, 0.717) is 19.6 Å². The molecule has 1 fully saturated rings. The van der Waals surface area contributed by atoms with E-state index in [1.54, 1.807) is 11.1 Å². The number of hydrogen-bond acceptors (Lipinski definition) is 3. The Bertz CT molecular complexity index is 564. The van der Waals surface area contributed by atoms with Crippen LogP contribution in [0.15, 0.2) is 24.4 Å². The first-order valence-corrected chi connectivity index (χ1v) is 8.00. The fourth-order valence-corrected chi connectivity index (χ4v) is 2.80. The molecule has 0 saturated carbocycles. The second-order valence-electron chi connectivity index (χ2n) is 7.10. The van der Waals surface area contributed by atoms with Gasteiger partial charge in [-0.05, 0) is 38.8 Å². The smallest absolute Gasteiger partial charge is 0.410 e. The van der Waals surface area contributed by atoms with Crippen LogP contribution < -0.4 is 0 Å². The average Bonchev–Trinajstić information content (AvgIpc) is 2.47. The number of piperazine rings is 1. The molecule has 1 aromatic heterocycles. The highest BCUT2D eigenvalue weighted by Crippen LogP contribution is 2.19. The molecule has 5 heteroatoms. The van der Waals surface area contributed by atoms with Gasteiger partial charge < -0.3 is 9.22 Å². The zero-order chi connectivity index (χ0) is 16.9. The Labute approximate surface area is 138 Å². The molecule has 1 amide bonds. The Morgan fingerprint density at radius 3 is 2.61 bits per heavy atom. The van der Waals surface area contributed by atoms with E-state index in [-0.39, 0.29) is 6.09 Å². The predicted molar refractivity (Wildman–Crippen MR) is 89.4 cm³/mol. The van der Waals surface area contributed by atoms with E-state index in [1.165, 1.54) is 0 Å². The van der Waals surface area contributed by atoms with Gasteiger partial charge in [-0.3, -0.25) is 9.88 Å². The van der Waals surface area contributed by atoms with Crippen molar-refractivity contribution in [2.24, 2.45) is 0 Å². The maximum absolute atomic E-state index is 12.2. The number of terminal acetylenes is 1. The highest BCUT2D eigenvalue weighted by molar-refractivity contribution is 5.68. The lowest BCUT2D eigenvalue weighted by molar-refractivity contribution is -0.938. The molecule has 1 aromatic rings. The van der Waals surface area contributed by atoms with Gasteiger partial charge in [-0.25, -0.2) is 4.79 Å². The zero-order valence-electron chi connectivity index (χ0n) is 14.3. The summed E-state index contributed by atoms with van der Waals surface area (Å²) in [5.74, 6) is 2.79. The number of quaternary nitrogens is 1. The summed E-state index contributed by atoms with van der Waals surface area (Å²) in [6.45, 7) is 10.1. The molecule has 0 N–H and O–H groups in total. The van der Waals surface area contributed by atoms with Gasteiger partial charge in [0.15, 0.2) is 0 Å². The van der Waals surface area contributed by atoms with Gasteiger partial charge in [0.2, 0.25) is 0 Å². The Hall–Kier alpha value is -2.06. The van der Waals surface area contributed by atoms with Crippen LogP contribution in [0.3, 0.4) is 0 Å². The van der Waals surface area contributed by atoms with Crippen molar-refractivity contribution in [2.75, 3.05) is 32.7 Å². The number of aromatic nitrogens is 1. The van der Waals surface area contributed by atoms with Crippen LogP contribution in [0.1, 0.15) is 26.5 Å². The van der Waals surface area contributed by atoms with E-state index >= 15 is 0 Å². The van der Waals surface area contributed by atoms with Crippen LogP contribution in [0.2, 0.25) is 0 Å². The molecule has 5 nitrogen and oxygen atoms in total. The number of hydrogen-bond donors (Lipinski definition) is 0. The molecule has 124 valence electrons. The summed E-state index contributed by atoms with van der Waals surface area (Å²) >= 11 is 0. The molecule has 0 radical (unpaired) electrons. The van der Waals surface area contributed by atoms with Crippen molar-refractivity contribution in [1.29, 1.82) is 0 Å². The molecule has 0 unspecified atom stereocenters. The molecule has 1 aliphatic rings. The summed E-state index contributed by atoms with van der Waals surface area (Å²) < 4.78 is 6.22. The molecule has 1 aliphatic heterocycles. The molecule has 23 heavy (non-hydrogen) atoms. The Morgan fingerprint density at radius 1 is 1.39 bits per heavy atom. The van der Waals surface area contributed by atoms with Gasteiger partial charge in [0.1, 0.15) is 18.7 Å². The van der Waals surface area contributed by atoms with Crippen molar-refractivity contribution >= 4 is 6.09 Å². The molecule has 2 rings (SSSR count). The van der Waals surface area contributed by atoms with E-state index in [9.17, 15) is 4.79 Å². The van der Waals surface area contributed by atoms with Gasteiger partial charge >= 0.3 is 6.09 Å². The largest absolute Gasteiger partial charge is 0.444 e. The van der Waals surface area contributed by atoms with Gasteiger partial charge in [-0.2, -0.15) is 0 Å². The SMILES string of the molecule is C#CC[N+]1(Cc2ccccn2)CCN(C(=O)OC(C)(C)C)CC1. The maximum atomic E-state index is 12.2. The molecule has 0 bridgehead atoms. The molecule has 0 spiro atoms. The second-order valence-corrected chi connectivity index (χ2v) is 7.10. The lowest BCUT2D eigenvalue weighted by Crippen LogP contribution is -2.60. The topological polar surface area (TPSA) is 42.4 Å². The number of carbonyl (C=O) groups excluding carboxylic acids is 1. The summed E-state index contributed by atoms with van der Waals surface area (Å²) in [5, 5.41) is 0. The quantitative estimate of drug-likeness (QED) is 0.635. The molecule has 1 saturated heterocycles. The summed E-state index contributed by atoms with van der Waals surface area (Å²) in [6.07, 6.45) is 7.15. The maximum Gasteiger partial charge on any atom is 0.410 e. The van der Waals surface area contributed by atoms with Crippen LogP contribution in [0.5, 0.6) is 0 Å². The number of amides is 1. The summed E-state index contributed by atoms with van der Waals surface area (Å²) in [7, 11) is 0. The van der Waals surface area contributed by atoms with Crippen LogP contribution in [-0.4, -0.2) is 58.8 Å². The molecular formula is C18H26N3O2+. The van der Waals surface area contributed by atoms with E-state index < -0.39 is 5.60 Å². The van der Waals surface area contributed by atoms with Crippen molar-refractivity contribution in [2.45, 2.75) is 32.9 Å². The van der Waals surface area contributed by atoms with Crippen molar-refractivity contribution < 1.29 is 14.0 Å². The average molecular weight is 316 g/mol. The monoisotopic (exact) mass is 316 g/mol. The zero-order valence-corrected chi connectivity index (χ0v) is 14.3. The minimum atomic E-state index is -0.465. The van der Waals surface area contributed by atoms with Crippen LogP contribution in [0, 0.1) is 12.3 Å². The lowest BCUT2D eigenvalue weighted by Gasteiger charge is -2.43. The van der Waals surface area contributed by atoms with Crippen molar-refractivity contribution in [3.63, 3.8) is 0 Å². The highest BCUT2D eigenvalue weighted by Gasteiger charge is 2.35. The van der Waals surface area contributed by atoms with Crippen molar-refractivity contribution in [3.8, 4) is 12.3 Å². The third-order valence-electron chi connectivity index (χ3n) is 3.99. The van der Waals surface area contributed by atoms with Gasteiger partial charge in [0, 0.05) is 6.20 Å². The fourth-order valence-electron chi connectivity index (χ4n) is 2.80. The van der Waals surface area contributed by atoms with Crippen molar-refractivity contribution in [1.82, 2.24) is 9.88 Å². The molecule has 0 atom stereocenters. The first kappa shape index (κ1) is 17.3. The van der Waals surface area contributed by atoms with Crippen LogP contribution in [-0.2, 0) is 11.3 Å². The minimum Gasteiger partial charge on any atom is -0.444 e. The second kappa shape index (κ2) is 7.01. The molecular weight excluding hydrogens is 290 g/mol. The van der Waals surface area contributed by atoms with Gasteiger partial charge in [-0.15, -0.1) is 6.42 Å². The molecule has 2 heterocycles. The first-order valence-electron chi connectivity index (χ1n) is 8.00. The summed E-state index contributed by atoms with van der Waals surface area (Å²) in [5.41, 5.74) is 0.571. The first-order chi connectivity index (χ1) is 10.8. The Balaban J connectivity index is 2.00. The number of carbonyl (C=O) groups is 1. The van der Waals surface area contributed by atoms with Crippen LogP contribution in [0.25, 0.3) is 0 Å². The van der Waals surface area contributed by atoms with Crippen LogP contribution in [0.4, 0.5) is 4.79 Å². The number of pyridine rings is 1. The van der Waals surface area contributed by atoms with Gasteiger partial charge in [-0.1, -0.05) is 6.07 Å². The number of nitrogens with zero attached hydrogens (tertiary/aromatic N) is 3. The number of ether oxygens (including phenoxy) is 1. The third-order valence-corrected chi connectivity index (χ3v) is 3.99. The lowest BCUT2D eigenvalue weighted by atomic mass is 10.2. The Morgan fingerprint density at radius 2 is 2.09 bits per heavy atom. The van der Waals surface area contributed by atoms with Gasteiger partial charge in [0.25, 0.3) is 0 Å². The predicted octanol–water partition coefficient (Wildman–Crippen LogP) is 2.28. The standard InChI is InChI=1S/C18H26N3O2/c1-5-12-21(15-16-8-6-7-9-19-16)13-10-20(11-14-21)17(22)23-18(2,3)4/h1,6-9H,10-15H2,2-4H3/q+1. The van der Waals surface area contributed by atoms with E-state index in [4.69, 9.17) is 11.2 Å². The van der Waals surface area contributed by atoms with E-state index in [2.05, 4.69) is 10.9 Å². The summed E-state index contributed by atoms with van der Waals surface area (Å²) in [4.78, 5) is 18.4. The molecule has 0 aliphatic carbocycles. The normalized spacial score (nSPS) is 17.4. The van der Waals surface area contributed by atoms with E-state index in [0.717, 1.165) is 29.8 Å². The third kappa shape index (κ3) is 4.97. The molecule has 0 aromatic carbocycles. The van der Waals surface area contributed by atoms with Crippen LogP contribution >= 0.6 is 0 Å². The van der Waals surface area contributed by atoms with Crippen molar-refractivity contribution in [3.05, 3.63) is 30.1 Å². The van der Waals surface area contributed by atoms with E-state index in [1.807, 2.05) is 39.0 Å². The minimum absolute atomic E-state index is 0.242. The number of rotatable bonds is 3. The fraction of sp³-hybridized carbons (Fsp3) is 0.556. The highest BCUT2D eigenvalue weighted by atomic mass is 16.6. The summed E-state index contributed by atoms with van der Waals surface area (Å²) in [6, 6.07) is 5.93.